The van der Waals surface area contributed by atoms with Crippen LogP contribution >= 0.6 is 0 Å². The van der Waals surface area contributed by atoms with Crippen molar-refractivity contribution in [2.75, 3.05) is 26.2 Å². The van der Waals surface area contributed by atoms with Gasteiger partial charge in [0.15, 0.2) is 17.3 Å². The molecule has 0 bridgehead atoms. The maximum atomic E-state index is 13.6. The number of hydrogen-bond acceptors (Lipinski definition) is 8. The van der Waals surface area contributed by atoms with Crippen LogP contribution in [0.5, 0.6) is 5.75 Å². The van der Waals surface area contributed by atoms with Gasteiger partial charge in [-0.05, 0) is 36.9 Å². The van der Waals surface area contributed by atoms with Crippen LogP contribution < -0.4 is 0 Å². The van der Waals surface area contributed by atoms with E-state index >= 15 is 0 Å². The number of benzene rings is 2. The van der Waals surface area contributed by atoms with E-state index in [4.69, 9.17) is 4.42 Å². The zero-order chi connectivity index (χ0) is 25.3. The van der Waals surface area contributed by atoms with Gasteiger partial charge in [0.1, 0.15) is 5.58 Å². The number of phenols is 1. The monoisotopic (exact) mass is 479 g/mol. The minimum atomic E-state index is -1.10. The third kappa shape index (κ3) is 4.35. The second-order valence-corrected chi connectivity index (χ2v) is 8.17. The highest BCUT2D eigenvalue weighted by atomic mass is 16.6. The van der Waals surface area contributed by atoms with Crippen LogP contribution in [0.2, 0.25) is 0 Å². The third-order valence-corrected chi connectivity index (χ3v) is 6.26. The van der Waals surface area contributed by atoms with E-state index in [-0.39, 0.29) is 23.4 Å². The molecule has 0 saturated carbocycles. The summed E-state index contributed by atoms with van der Waals surface area (Å²) < 4.78 is 5.68. The summed E-state index contributed by atoms with van der Waals surface area (Å²) in [5, 5.41) is 32.8. The third-order valence-electron chi connectivity index (χ3n) is 6.26. The summed E-state index contributed by atoms with van der Waals surface area (Å²) in [5.74, 6) is -2.79. The zero-order valence-corrected chi connectivity index (χ0v) is 19.3. The molecule has 10 heteroatoms. The van der Waals surface area contributed by atoms with Crippen molar-refractivity contribution >= 4 is 28.3 Å². The lowest BCUT2D eigenvalue weighted by Crippen LogP contribution is -2.38. The molecule has 0 radical (unpaired) electrons. The number of Topliss-reactive ketones (excluding diaryl/α,β-unsaturated/α-hetero) is 1. The van der Waals surface area contributed by atoms with Gasteiger partial charge in [-0.25, -0.2) is 0 Å². The lowest BCUT2D eigenvalue weighted by molar-refractivity contribution is -0.385. The van der Waals surface area contributed by atoms with Crippen LogP contribution in [0.15, 0.2) is 64.3 Å². The van der Waals surface area contributed by atoms with Gasteiger partial charge in [-0.2, -0.15) is 0 Å². The standard InChI is InChI=1S/C25H25N3O7/c1-3-26(4-2)11-12-27-22(16-9-10-18(29)17(13-16)28(33)34)21(24(31)25(27)32)23(30)20-14-15-7-5-6-8-19(15)35-20/h5-10,13-14,22,29,31H,3-4,11-12H2,1-2H3. The number of likely N-dealkylation sites (N-methyl/N-ethyl adjacent to an activating group) is 1. The Balaban J connectivity index is 1.81. The van der Waals surface area contributed by atoms with Crippen LogP contribution in [0.3, 0.4) is 0 Å². The summed E-state index contributed by atoms with van der Waals surface area (Å²) in [5.41, 5.74) is -0.115. The quantitative estimate of drug-likeness (QED) is 0.267. The van der Waals surface area contributed by atoms with Gasteiger partial charge in [-0.15, -0.1) is 0 Å². The molecule has 1 unspecified atom stereocenters. The lowest BCUT2D eigenvalue weighted by Gasteiger charge is -2.29. The predicted octanol–water partition coefficient (Wildman–Crippen LogP) is 3.97. The lowest BCUT2D eigenvalue weighted by atomic mass is 9.94. The van der Waals surface area contributed by atoms with Crippen LogP contribution in [0.25, 0.3) is 11.0 Å². The number of aliphatic hydroxyl groups excluding tert-OH is 1. The van der Waals surface area contributed by atoms with E-state index in [1.165, 1.54) is 17.0 Å². The zero-order valence-electron chi connectivity index (χ0n) is 19.3. The summed E-state index contributed by atoms with van der Waals surface area (Å²) >= 11 is 0. The molecule has 10 nitrogen and oxygen atoms in total. The molecule has 2 aromatic carbocycles. The van der Waals surface area contributed by atoms with E-state index < -0.39 is 39.9 Å². The highest BCUT2D eigenvalue weighted by Crippen LogP contribution is 2.41. The fraction of sp³-hybridized carbons (Fsp3) is 0.280. The van der Waals surface area contributed by atoms with Crippen LogP contribution in [0, 0.1) is 10.1 Å². The molecule has 0 fully saturated rings. The number of aliphatic hydroxyl groups is 1. The Morgan fingerprint density at radius 3 is 2.51 bits per heavy atom. The van der Waals surface area contributed by atoms with Gasteiger partial charge >= 0.3 is 5.69 Å². The molecule has 1 amide bonds. The van der Waals surface area contributed by atoms with Crippen molar-refractivity contribution in [2.45, 2.75) is 19.9 Å². The maximum Gasteiger partial charge on any atom is 0.311 e. The smallest absolute Gasteiger partial charge is 0.311 e. The minimum Gasteiger partial charge on any atom is -0.503 e. The Morgan fingerprint density at radius 1 is 1.14 bits per heavy atom. The Labute approximate surface area is 200 Å². The maximum absolute atomic E-state index is 13.6. The number of phenolic OH excluding ortho intramolecular Hbond substituents is 1. The Kier molecular flexibility index (Phi) is 6.57. The number of amides is 1. The molecule has 4 rings (SSSR count). The van der Waals surface area contributed by atoms with Crippen LogP contribution in [-0.2, 0) is 4.79 Å². The Bertz CT molecular complexity index is 1310. The summed E-state index contributed by atoms with van der Waals surface area (Å²) in [6.45, 7) is 6.05. The normalized spacial score (nSPS) is 16.0. The van der Waals surface area contributed by atoms with E-state index in [9.17, 15) is 29.9 Å². The van der Waals surface area contributed by atoms with Crippen molar-refractivity contribution < 1.29 is 29.1 Å². The number of nitro benzene ring substituents is 1. The summed E-state index contributed by atoms with van der Waals surface area (Å²) in [7, 11) is 0. The van der Waals surface area contributed by atoms with Crippen molar-refractivity contribution in [1.29, 1.82) is 0 Å². The molecule has 0 saturated heterocycles. The molecular weight excluding hydrogens is 454 g/mol. The van der Waals surface area contributed by atoms with Gasteiger partial charge in [-0.1, -0.05) is 38.1 Å². The average Bonchev–Trinajstić information content (AvgIpc) is 3.39. The van der Waals surface area contributed by atoms with Crippen LogP contribution in [-0.4, -0.2) is 62.8 Å². The molecule has 1 atom stereocenters. The average molecular weight is 479 g/mol. The predicted molar refractivity (Wildman–Crippen MR) is 127 cm³/mol. The van der Waals surface area contributed by atoms with Gasteiger partial charge in [0.05, 0.1) is 16.5 Å². The molecule has 0 aliphatic carbocycles. The molecule has 3 aromatic rings. The Morgan fingerprint density at radius 2 is 1.86 bits per heavy atom. The van der Waals surface area contributed by atoms with Crippen molar-refractivity contribution in [3.63, 3.8) is 0 Å². The number of ketones is 1. The highest BCUT2D eigenvalue weighted by molar-refractivity contribution is 6.16. The van der Waals surface area contributed by atoms with Crippen molar-refractivity contribution in [3.8, 4) is 5.75 Å². The topological polar surface area (TPSA) is 137 Å². The number of carbonyl (C=O) groups excluding carboxylic acids is 2. The second kappa shape index (κ2) is 9.59. The van der Waals surface area contributed by atoms with Gasteiger partial charge in [0.2, 0.25) is 5.78 Å². The molecule has 1 aliphatic rings. The summed E-state index contributed by atoms with van der Waals surface area (Å²) in [4.78, 5) is 40.8. The number of nitrogens with zero attached hydrogens (tertiary/aromatic N) is 3. The molecule has 0 spiro atoms. The van der Waals surface area contributed by atoms with Crippen LogP contribution in [0.1, 0.15) is 36.0 Å². The molecule has 182 valence electrons. The number of rotatable bonds is 9. The van der Waals surface area contributed by atoms with E-state index in [0.29, 0.717) is 17.5 Å². The van der Waals surface area contributed by atoms with Crippen molar-refractivity contribution in [3.05, 3.63) is 81.3 Å². The number of aromatic hydroxyl groups is 1. The fourth-order valence-corrected chi connectivity index (χ4v) is 4.34. The number of nitro groups is 1. The first-order valence-electron chi connectivity index (χ1n) is 11.2. The van der Waals surface area contributed by atoms with E-state index in [1.807, 2.05) is 13.8 Å². The SMILES string of the molecule is CCN(CC)CCN1C(=O)C(O)=C(C(=O)c2cc3ccccc3o2)C1c1ccc(O)c([N+](=O)[O-])c1. The number of para-hydroxylation sites is 1. The van der Waals surface area contributed by atoms with E-state index in [2.05, 4.69) is 4.90 Å². The summed E-state index contributed by atoms with van der Waals surface area (Å²) in [6.07, 6.45) is 0. The van der Waals surface area contributed by atoms with Crippen LogP contribution in [0.4, 0.5) is 5.69 Å². The molecular formula is C25H25N3O7. The van der Waals surface area contributed by atoms with Gasteiger partial charge in [0.25, 0.3) is 5.91 Å². The van der Waals surface area contributed by atoms with Gasteiger partial charge in [0, 0.05) is 24.5 Å². The van der Waals surface area contributed by atoms with Crippen molar-refractivity contribution in [1.82, 2.24) is 9.80 Å². The largest absolute Gasteiger partial charge is 0.503 e. The highest BCUT2D eigenvalue weighted by Gasteiger charge is 2.45. The van der Waals surface area contributed by atoms with Gasteiger partial charge < -0.3 is 24.4 Å². The van der Waals surface area contributed by atoms with Crippen molar-refractivity contribution in [2.24, 2.45) is 0 Å². The first kappa shape index (κ1) is 24.0. The summed E-state index contributed by atoms with van der Waals surface area (Å²) in [6, 6.07) is 11.1. The number of furan rings is 1. The first-order valence-corrected chi connectivity index (χ1v) is 11.2. The Hall–Kier alpha value is -4.18. The number of hydrogen-bond donors (Lipinski definition) is 2. The molecule has 1 aliphatic heterocycles. The van der Waals surface area contributed by atoms with E-state index in [1.54, 1.807) is 24.3 Å². The fourth-order valence-electron chi connectivity index (χ4n) is 4.34. The molecule has 35 heavy (non-hydrogen) atoms. The van der Waals surface area contributed by atoms with Gasteiger partial charge in [-0.3, -0.25) is 19.7 Å². The molecule has 2 N–H and O–H groups in total. The number of carbonyl (C=O) groups is 2. The number of fused-ring (bicyclic) bond motifs is 1. The molecule has 2 heterocycles. The first-order chi connectivity index (χ1) is 16.8. The second-order valence-electron chi connectivity index (χ2n) is 8.17. The minimum absolute atomic E-state index is 0.0654. The molecule has 1 aromatic heterocycles. The van der Waals surface area contributed by atoms with E-state index in [0.717, 1.165) is 25.2 Å².